The van der Waals surface area contributed by atoms with Gasteiger partial charge in [0.1, 0.15) is 5.75 Å². The number of fused-ring (bicyclic) bond motifs is 1. The third kappa shape index (κ3) is 3.30. The molecule has 0 fully saturated rings. The number of rotatable bonds is 4. The first kappa shape index (κ1) is 14.8. The second kappa shape index (κ2) is 5.81. The van der Waals surface area contributed by atoms with E-state index in [-0.39, 0.29) is 5.54 Å². The molecule has 0 aliphatic rings. The first-order valence-electron chi connectivity index (χ1n) is 6.91. The summed E-state index contributed by atoms with van der Waals surface area (Å²) in [5, 5.41) is 15.8. The van der Waals surface area contributed by atoms with Gasteiger partial charge in [-0.15, -0.1) is 0 Å². The summed E-state index contributed by atoms with van der Waals surface area (Å²) in [7, 11) is 1.67. The van der Waals surface area contributed by atoms with Crippen LogP contribution in [0.4, 0.5) is 0 Å². The quantitative estimate of drug-likeness (QED) is 0.898. The second-order valence-electron chi connectivity index (χ2n) is 6.05. The molecular formula is C17H23NO2. The lowest BCUT2D eigenvalue weighted by molar-refractivity contribution is 0.164. The van der Waals surface area contributed by atoms with Gasteiger partial charge in [-0.05, 0) is 37.8 Å². The fourth-order valence-electron chi connectivity index (χ4n) is 2.28. The van der Waals surface area contributed by atoms with Crippen molar-refractivity contribution >= 4 is 10.8 Å². The second-order valence-corrected chi connectivity index (χ2v) is 6.05. The summed E-state index contributed by atoms with van der Waals surface area (Å²) in [6.07, 6.45) is -0.537. The van der Waals surface area contributed by atoms with E-state index >= 15 is 0 Å². The Balaban J connectivity index is 2.35. The summed E-state index contributed by atoms with van der Waals surface area (Å²) in [4.78, 5) is 0. The highest BCUT2D eigenvalue weighted by Gasteiger charge is 2.16. The fraction of sp³-hybridized carbons (Fsp3) is 0.412. The third-order valence-corrected chi connectivity index (χ3v) is 3.32. The summed E-state index contributed by atoms with van der Waals surface area (Å²) in [5.41, 5.74) is 0.918. The van der Waals surface area contributed by atoms with Crippen LogP contribution in [0.3, 0.4) is 0 Å². The number of benzene rings is 2. The van der Waals surface area contributed by atoms with E-state index in [1.54, 1.807) is 7.11 Å². The highest BCUT2D eigenvalue weighted by atomic mass is 16.5. The standard InChI is InChI=1S/C17H23NO2/c1-17(2,3)18-11-15(19)13-9-10-16(20-4)14-8-6-5-7-12(13)14/h5-10,15,18-19H,11H2,1-4H3. The Morgan fingerprint density at radius 3 is 2.35 bits per heavy atom. The van der Waals surface area contributed by atoms with Crippen LogP contribution in [0.2, 0.25) is 0 Å². The highest BCUT2D eigenvalue weighted by molar-refractivity contribution is 5.91. The largest absolute Gasteiger partial charge is 0.496 e. The van der Waals surface area contributed by atoms with Crippen LogP contribution in [0.15, 0.2) is 36.4 Å². The van der Waals surface area contributed by atoms with Gasteiger partial charge in [0.25, 0.3) is 0 Å². The molecule has 2 aromatic rings. The molecule has 0 saturated carbocycles. The predicted molar refractivity (Wildman–Crippen MR) is 83.2 cm³/mol. The van der Waals surface area contributed by atoms with E-state index in [2.05, 4.69) is 26.1 Å². The maximum Gasteiger partial charge on any atom is 0.126 e. The van der Waals surface area contributed by atoms with E-state index in [0.29, 0.717) is 6.54 Å². The zero-order valence-electron chi connectivity index (χ0n) is 12.6. The summed E-state index contributed by atoms with van der Waals surface area (Å²) in [5.74, 6) is 0.834. The van der Waals surface area contributed by atoms with E-state index in [0.717, 1.165) is 22.1 Å². The molecule has 0 aliphatic carbocycles. The maximum atomic E-state index is 10.4. The molecule has 0 radical (unpaired) electrons. The molecule has 1 unspecified atom stereocenters. The van der Waals surface area contributed by atoms with E-state index in [4.69, 9.17) is 4.74 Å². The first-order chi connectivity index (χ1) is 9.42. The minimum absolute atomic E-state index is 0.0107. The fourth-order valence-corrected chi connectivity index (χ4v) is 2.28. The van der Waals surface area contributed by atoms with E-state index < -0.39 is 6.10 Å². The number of aliphatic hydroxyl groups is 1. The van der Waals surface area contributed by atoms with Crippen molar-refractivity contribution < 1.29 is 9.84 Å². The summed E-state index contributed by atoms with van der Waals surface area (Å²) < 4.78 is 5.38. The number of nitrogens with one attached hydrogen (secondary N) is 1. The van der Waals surface area contributed by atoms with E-state index in [1.807, 2.05) is 36.4 Å². The van der Waals surface area contributed by atoms with Gasteiger partial charge >= 0.3 is 0 Å². The average molecular weight is 273 g/mol. The maximum absolute atomic E-state index is 10.4. The monoisotopic (exact) mass is 273 g/mol. The number of aliphatic hydroxyl groups excluding tert-OH is 1. The van der Waals surface area contributed by atoms with Crippen molar-refractivity contribution in [1.82, 2.24) is 5.32 Å². The predicted octanol–water partition coefficient (Wildman–Crippen LogP) is 3.27. The molecule has 3 heteroatoms. The molecule has 0 aliphatic heterocycles. The average Bonchev–Trinajstić information content (AvgIpc) is 2.42. The van der Waals surface area contributed by atoms with Gasteiger partial charge in [-0.2, -0.15) is 0 Å². The Morgan fingerprint density at radius 1 is 1.10 bits per heavy atom. The number of β-amino-alcohol motifs (C(OH)–C–C–N with tert-alkyl or cyclic N) is 1. The summed E-state index contributed by atoms with van der Waals surface area (Å²) >= 11 is 0. The van der Waals surface area contributed by atoms with Crippen molar-refractivity contribution in [1.29, 1.82) is 0 Å². The van der Waals surface area contributed by atoms with E-state index in [9.17, 15) is 5.11 Å². The molecule has 20 heavy (non-hydrogen) atoms. The van der Waals surface area contributed by atoms with Gasteiger partial charge in [-0.25, -0.2) is 0 Å². The molecule has 0 amide bonds. The lowest BCUT2D eigenvalue weighted by Crippen LogP contribution is -2.38. The van der Waals surface area contributed by atoms with Gasteiger partial charge in [-0.3, -0.25) is 0 Å². The molecular weight excluding hydrogens is 250 g/mol. The summed E-state index contributed by atoms with van der Waals surface area (Å²) in [6, 6.07) is 11.9. The molecule has 2 aromatic carbocycles. The molecule has 3 nitrogen and oxygen atoms in total. The molecule has 108 valence electrons. The van der Waals surface area contributed by atoms with Crippen molar-refractivity contribution in [3.63, 3.8) is 0 Å². The number of ether oxygens (including phenoxy) is 1. The minimum atomic E-state index is -0.537. The van der Waals surface area contributed by atoms with Gasteiger partial charge in [-0.1, -0.05) is 30.3 Å². The van der Waals surface area contributed by atoms with Crippen molar-refractivity contribution in [2.75, 3.05) is 13.7 Å². The molecule has 0 aromatic heterocycles. The summed E-state index contributed by atoms with van der Waals surface area (Å²) in [6.45, 7) is 6.80. The van der Waals surface area contributed by atoms with Crippen molar-refractivity contribution in [3.8, 4) is 5.75 Å². The van der Waals surface area contributed by atoms with Gasteiger partial charge in [0.15, 0.2) is 0 Å². The van der Waals surface area contributed by atoms with Crippen LogP contribution in [-0.4, -0.2) is 24.3 Å². The Kier molecular flexibility index (Phi) is 4.31. The van der Waals surface area contributed by atoms with Gasteiger partial charge < -0.3 is 15.2 Å². The Hall–Kier alpha value is -1.58. The lowest BCUT2D eigenvalue weighted by Gasteiger charge is -2.24. The molecule has 0 saturated heterocycles. The van der Waals surface area contributed by atoms with Crippen LogP contribution >= 0.6 is 0 Å². The Labute approximate surface area is 120 Å². The first-order valence-corrected chi connectivity index (χ1v) is 6.91. The van der Waals surface area contributed by atoms with Crippen LogP contribution in [-0.2, 0) is 0 Å². The van der Waals surface area contributed by atoms with Crippen molar-refractivity contribution in [2.45, 2.75) is 32.4 Å². The minimum Gasteiger partial charge on any atom is -0.496 e. The third-order valence-electron chi connectivity index (χ3n) is 3.32. The van der Waals surface area contributed by atoms with Crippen LogP contribution in [0.25, 0.3) is 10.8 Å². The molecule has 0 bridgehead atoms. The van der Waals surface area contributed by atoms with Gasteiger partial charge in [0.05, 0.1) is 13.2 Å². The normalized spacial score (nSPS) is 13.4. The van der Waals surface area contributed by atoms with Crippen LogP contribution in [0.5, 0.6) is 5.75 Å². The van der Waals surface area contributed by atoms with Crippen molar-refractivity contribution in [3.05, 3.63) is 42.0 Å². The molecule has 1 atom stereocenters. The van der Waals surface area contributed by atoms with Crippen molar-refractivity contribution in [2.24, 2.45) is 0 Å². The van der Waals surface area contributed by atoms with Gasteiger partial charge in [0, 0.05) is 17.5 Å². The Morgan fingerprint density at radius 2 is 1.75 bits per heavy atom. The van der Waals surface area contributed by atoms with Crippen LogP contribution in [0.1, 0.15) is 32.4 Å². The van der Waals surface area contributed by atoms with E-state index in [1.165, 1.54) is 0 Å². The zero-order valence-corrected chi connectivity index (χ0v) is 12.6. The van der Waals surface area contributed by atoms with Crippen LogP contribution in [0, 0.1) is 0 Å². The number of hydrogen-bond acceptors (Lipinski definition) is 3. The zero-order chi connectivity index (χ0) is 14.8. The SMILES string of the molecule is COc1ccc(C(O)CNC(C)(C)C)c2ccccc12. The highest BCUT2D eigenvalue weighted by Crippen LogP contribution is 2.31. The molecule has 0 heterocycles. The molecule has 2 rings (SSSR count). The van der Waals surface area contributed by atoms with Crippen LogP contribution < -0.4 is 10.1 Å². The Bertz CT molecular complexity index is 587. The topological polar surface area (TPSA) is 41.5 Å². The molecule has 0 spiro atoms. The molecule has 2 N–H and O–H groups in total. The number of hydrogen-bond donors (Lipinski definition) is 2. The van der Waals surface area contributed by atoms with Gasteiger partial charge in [0.2, 0.25) is 0 Å². The smallest absolute Gasteiger partial charge is 0.126 e. The number of methoxy groups -OCH3 is 1. The lowest BCUT2D eigenvalue weighted by atomic mass is 9.99.